The summed E-state index contributed by atoms with van der Waals surface area (Å²) in [6, 6.07) is 5.98. The number of carbonyl (C=O) groups is 1. The molecule has 0 amide bonds. The first-order valence-corrected chi connectivity index (χ1v) is 11.6. The number of benzene rings is 1. The summed E-state index contributed by atoms with van der Waals surface area (Å²) in [5.74, 6) is -0.588. The predicted molar refractivity (Wildman–Crippen MR) is 124 cm³/mol. The van der Waals surface area contributed by atoms with Gasteiger partial charge < -0.3 is 19.2 Å². The van der Waals surface area contributed by atoms with Crippen molar-refractivity contribution in [3.05, 3.63) is 50.6 Å². The molecule has 166 valence electrons. The number of carboxylic acid groups (broad SMARTS) is 1. The average Bonchev–Trinajstić information content (AvgIpc) is 3.55. The van der Waals surface area contributed by atoms with E-state index in [1.807, 2.05) is 17.6 Å². The van der Waals surface area contributed by atoms with E-state index in [4.69, 9.17) is 9.57 Å². The van der Waals surface area contributed by atoms with Gasteiger partial charge in [0.2, 0.25) is 5.43 Å². The first-order chi connectivity index (χ1) is 15.5. The quantitative estimate of drug-likeness (QED) is 0.550. The van der Waals surface area contributed by atoms with Crippen LogP contribution in [0.2, 0.25) is 0 Å². The summed E-state index contributed by atoms with van der Waals surface area (Å²) in [4.78, 5) is 32.2. The minimum atomic E-state index is -1.20. The third kappa shape index (κ3) is 3.48. The molecule has 0 saturated heterocycles. The summed E-state index contributed by atoms with van der Waals surface area (Å²) in [6.45, 7) is 2.49. The average molecular weight is 453 g/mol. The van der Waals surface area contributed by atoms with E-state index in [1.54, 1.807) is 24.5 Å². The van der Waals surface area contributed by atoms with E-state index in [0.29, 0.717) is 23.3 Å². The summed E-state index contributed by atoms with van der Waals surface area (Å²) in [7, 11) is 1.60. The van der Waals surface area contributed by atoms with E-state index in [1.165, 1.54) is 16.6 Å². The van der Waals surface area contributed by atoms with Crippen molar-refractivity contribution in [2.45, 2.75) is 45.1 Å². The SMILES string of the molecule is CCO/N=C1/CCc2sc(-c3ccc4c(=O)c(C(=O)O)cn(C5CC5)c4c3OC)cc2C1. The highest BCUT2D eigenvalue weighted by atomic mass is 32.1. The zero-order valence-electron chi connectivity index (χ0n) is 18.0. The van der Waals surface area contributed by atoms with E-state index < -0.39 is 11.4 Å². The molecule has 5 rings (SSSR count). The molecule has 0 aliphatic heterocycles. The summed E-state index contributed by atoms with van der Waals surface area (Å²) in [6.07, 6.45) is 5.99. The van der Waals surface area contributed by atoms with Gasteiger partial charge in [0, 0.05) is 34.0 Å². The number of nitrogens with zero attached hydrogens (tertiary/aromatic N) is 2. The van der Waals surface area contributed by atoms with Crippen LogP contribution in [0, 0.1) is 0 Å². The number of thiophene rings is 1. The van der Waals surface area contributed by atoms with Crippen LogP contribution in [0.3, 0.4) is 0 Å². The van der Waals surface area contributed by atoms with Gasteiger partial charge >= 0.3 is 5.97 Å². The largest absolute Gasteiger partial charge is 0.494 e. The van der Waals surface area contributed by atoms with Gasteiger partial charge in [-0.05, 0) is 56.4 Å². The minimum absolute atomic E-state index is 0.189. The minimum Gasteiger partial charge on any atom is -0.494 e. The maximum absolute atomic E-state index is 12.9. The van der Waals surface area contributed by atoms with Crippen molar-refractivity contribution in [3.63, 3.8) is 0 Å². The number of ether oxygens (including phenoxy) is 1. The van der Waals surface area contributed by atoms with Crippen molar-refractivity contribution in [2.75, 3.05) is 13.7 Å². The molecule has 1 N–H and O–H groups in total. The highest BCUT2D eigenvalue weighted by Gasteiger charge is 2.29. The van der Waals surface area contributed by atoms with Crippen molar-refractivity contribution in [3.8, 4) is 16.2 Å². The van der Waals surface area contributed by atoms with Crippen LogP contribution in [0.5, 0.6) is 5.75 Å². The number of hydrogen-bond acceptors (Lipinski definition) is 6. The van der Waals surface area contributed by atoms with E-state index in [2.05, 4.69) is 11.2 Å². The van der Waals surface area contributed by atoms with Gasteiger partial charge in [0.25, 0.3) is 0 Å². The number of carboxylic acids is 1. The lowest BCUT2D eigenvalue weighted by atomic mass is 9.96. The van der Waals surface area contributed by atoms with Gasteiger partial charge in [0.05, 0.1) is 23.7 Å². The van der Waals surface area contributed by atoms with Crippen molar-refractivity contribution in [2.24, 2.45) is 5.16 Å². The van der Waals surface area contributed by atoms with Crippen LogP contribution in [0.4, 0.5) is 0 Å². The van der Waals surface area contributed by atoms with Crippen molar-refractivity contribution >= 4 is 33.9 Å². The number of rotatable bonds is 6. The topological polar surface area (TPSA) is 90.1 Å². The van der Waals surface area contributed by atoms with Crippen molar-refractivity contribution in [1.82, 2.24) is 4.57 Å². The molecule has 2 aromatic heterocycles. The highest BCUT2D eigenvalue weighted by molar-refractivity contribution is 7.15. The van der Waals surface area contributed by atoms with Gasteiger partial charge in [0.1, 0.15) is 12.2 Å². The Balaban J connectivity index is 1.66. The molecule has 0 spiro atoms. The zero-order chi connectivity index (χ0) is 22.4. The molecule has 3 aromatic rings. The lowest BCUT2D eigenvalue weighted by Crippen LogP contribution is -2.19. The Morgan fingerprint density at radius 3 is 2.81 bits per heavy atom. The second kappa shape index (κ2) is 8.09. The number of aromatic carboxylic acids is 1. The summed E-state index contributed by atoms with van der Waals surface area (Å²) >= 11 is 1.74. The molecule has 1 aromatic carbocycles. The Morgan fingerprint density at radius 1 is 1.31 bits per heavy atom. The Hall–Kier alpha value is -3.13. The van der Waals surface area contributed by atoms with Crippen LogP contribution in [-0.2, 0) is 17.7 Å². The van der Waals surface area contributed by atoms with Crippen LogP contribution in [0.1, 0.15) is 53.0 Å². The molecule has 0 unspecified atom stereocenters. The van der Waals surface area contributed by atoms with Gasteiger partial charge in [0.15, 0.2) is 5.75 Å². The number of pyridine rings is 1. The number of aromatic nitrogens is 1. The van der Waals surface area contributed by atoms with E-state index in [0.717, 1.165) is 48.3 Å². The van der Waals surface area contributed by atoms with Crippen LogP contribution >= 0.6 is 11.3 Å². The Labute approximate surface area is 188 Å². The number of oxime groups is 1. The van der Waals surface area contributed by atoms with Crippen molar-refractivity contribution < 1.29 is 19.5 Å². The number of aryl methyl sites for hydroxylation is 1. The first-order valence-electron chi connectivity index (χ1n) is 10.8. The number of fused-ring (bicyclic) bond motifs is 2. The van der Waals surface area contributed by atoms with Crippen LogP contribution in [-0.4, -0.2) is 35.1 Å². The van der Waals surface area contributed by atoms with Gasteiger partial charge in [-0.3, -0.25) is 4.79 Å². The lowest BCUT2D eigenvalue weighted by Gasteiger charge is -2.17. The monoisotopic (exact) mass is 452 g/mol. The van der Waals surface area contributed by atoms with Gasteiger partial charge in [-0.1, -0.05) is 5.16 Å². The number of methoxy groups -OCH3 is 1. The first kappa shape index (κ1) is 20.8. The summed E-state index contributed by atoms with van der Waals surface area (Å²) in [5, 5.41) is 14.1. The molecule has 0 bridgehead atoms. The molecular weight excluding hydrogens is 428 g/mol. The molecule has 8 heteroatoms. The Bertz CT molecular complexity index is 1320. The summed E-state index contributed by atoms with van der Waals surface area (Å²) < 4.78 is 7.77. The fourth-order valence-electron chi connectivity index (χ4n) is 4.37. The zero-order valence-corrected chi connectivity index (χ0v) is 18.8. The van der Waals surface area contributed by atoms with E-state index >= 15 is 0 Å². The standard InChI is InChI=1S/C24H24N2O5S/c1-3-31-25-14-4-9-19-13(10-14)11-20(32-19)16-7-8-17-21(23(16)30-2)26(15-5-6-15)12-18(22(17)27)24(28)29/h7-8,11-12,15H,3-6,9-10H2,1-2H3,(H,28,29)/b25-14-. The summed E-state index contributed by atoms with van der Waals surface area (Å²) in [5.41, 5.74) is 3.21. The second-order valence-electron chi connectivity index (χ2n) is 8.17. The molecule has 1 saturated carbocycles. The normalized spacial score (nSPS) is 16.9. The fourth-order valence-corrected chi connectivity index (χ4v) is 5.58. The molecule has 2 aliphatic carbocycles. The molecular formula is C24H24N2O5S. The van der Waals surface area contributed by atoms with E-state index in [-0.39, 0.29) is 11.6 Å². The van der Waals surface area contributed by atoms with Gasteiger partial charge in [-0.25, -0.2) is 4.79 Å². The molecule has 2 aliphatic rings. The molecule has 2 heterocycles. The van der Waals surface area contributed by atoms with Crippen molar-refractivity contribution in [1.29, 1.82) is 0 Å². The fraction of sp³-hybridized carbons (Fsp3) is 0.375. The van der Waals surface area contributed by atoms with Crippen LogP contribution < -0.4 is 10.2 Å². The Kier molecular flexibility index (Phi) is 5.25. The van der Waals surface area contributed by atoms with Crippen LogP contribution in [0.15, 0.2) is 34.3 Å². The maximum atomic E-state index is 12.9. The third-order valence-electron chi connectivity index (χ3n) is 6.04. The van der Waals surface area contributed by atoms with Gasteiger partial charge in [-0.15, -0.1) is 11.3 Å². The molecule has 1 fully saturated rings. The second-order valence-corrected chi connectivity index (χ2v) is 9.31. The maximum Gasteiger partial charge on any atom is 0.341 e. The highest BCUT2D eigenvalue weighted by Crippen LogP contribution is 2.45. The van der Waals surface area contributed by atoms with Gasteiger partial charge in [-0.2, -0.15) is 0 Å². The smallest absolute Gasteiger partial charge is 0.341 e. The van der Waals surface area contributed by atoms with Crippen LogP contribution in [0.25, 0.3) is 21.3 Å². The Morgan fingerprint density at radius 2 is 2.12 bits per heavy atom. The molecule has 0 radical (unpaired) electrons. The molecule has 7 nitrogen and oxygen atoms in total. The molecule has 0 atom stereocenters. The lowest BCUT2D eigenvalue weighted by molar-refractivity contribution is 0.0695. The molecule has 32 heavy (non-hydrogen) atoms. The number of hydrogen-bond donors (Lipinski definition) is 1. The third-order valence-corrected chi connectivity index (χ3v) is 7.31. The van der Waals surface area contributed by atoms with E-state index in [9.17, 15) is 14.7 Å². The predicted octanol–water partition coefficient (Wildman–Crippen LogP) is 4.65.